The molecule has 2 heterocycles. The van der Waals surface area contributed by atoms with E-state index < -0.39 is 0 Å². The fourth-order valence-corrected chi connectivity index (χ4v) is 3.40. The molecule has 0 radical (unpaired) electrons. The maximum absolute atomic E-state index is 12.2. The van der Waals surface area contributed by atoms with Crippen LogP contribution in [0, 0.1) is 26.2 Å². The number of hydrogen-bond acceptors (Lipinski definition) is 4. The summed E-state index contributed by atoms with van der Waals surface area (Å²) in [5, 5.41) is 3.78. The SMILES string of the molecule is C#CCCCCNC(=O)c1sc2nc(C)cc(C)c2c1N. The highest BCUT2D eigenvalue weighted by molar-refractivity contribution is 7.21. The van der Waals surface area contributed by atoms with Crippen molar-refractivity contribution in [3.05, 3.63) is 22.2 Å². The molecule has 0 fully saturated rings. The Bertz CT molecular complexity index is 712. The molecule has 0 aliphatic carbocycles. The first kappa shape index (κ1) is 15.3. The van der Waals surface area contributed by atoms with Crippen LogP contribution in [-0.4, -0.2) is 17.4 Å². The van der Waals surface area contributed by atoms with Crippen molar-refractivity contribution in [2.75, 3.05) is 12.3 Å². The fourth-order valence-electron chi connectivity index (χ4n) is 2.27. The molecule has 0 aromatic carbocycles. The third kappa shape index (κ3) is 3.34. The number of terminal acetylenes is 1. The molecule has 3 N–H and O–H groups in total. The second-order valence-corrected chi connectivity index (χ2v) is 6.02. The lowest BCUT2D eigenvalue weighted by molar-refractivity contribution is 0.0958. The first-order valence-electron chi connectivity index (χ1n) is 6.92. The Morgan fingerprint density at radius 2 is 2.24 bits per heavy atom. The van der Waals surface area contributed by atoms with Crippen LogP contribution in [0.2, 0.25) is 0 Å². The Labute approximate surface area is 128 Å². The molecule has 2 rings (SSSR count). The Balaban J connectivity index is 2.15. The number of thiophene rings is 1. The van der Waals surface area contributed by atoms with Crippen LogP contribution in [0.3, 0.4) is 0 Å². The molecular formula is C16H19N3OS. The Morgan fingerprint density at radius 1 is 1.48 bits per heavy atom. The Morgan fingerprint density at radius 3 is 2.95 bits per heavy atom. The van der Waals surface area contributed by atoms with Crippen LogP contribution < -0.4 is 11.1 Å². The van der Waals surface area contributed by atoms with E-state index in [9.17, 15) is 4.79 Å². The van der Waals surface area contributed by atoms with Gasteiger partial charge in [-0.3, -0.25) is 4.79 Å². The number of carbonyl (C=O) groups is 1. The van der Waals surface area contributed by atoms with Crippen molar-refractivity contribution in [1.29, 1.82) is 0 Å². The van der Waals surface area contributed by atoms with E-state index in [1.807, 2.05) is 19.9 Å². The molecule has 0 aliphatic rings. The van der Waals surface area contributed by atoms with Crippen LogP contribution in [-0.2, 0) is 0 Å². The molecule has 21 heavy (non-hydrogen) atoms. The van der Waals surface area contributed by atoms with Gasteiger partial charge in [0.25, 0.3) is 5.91 Å². The summed E-state index contributed by atoms with van der Waals surface area (Å²) in [6.07, 6.45) is 7.72. The van der Waals surface area contributed by atoms with Gasteiger partial charge in [-0.05, 0) is 38.3 Å². The summed E-state index contributed by atoms with van der Waals surface area (Å²) >= 11 is 1.35. The van der Waals surface area contributed by atoms with Gasteiger partial charge in [-0.2, -0.15) is 0 Å². The first-order valence-corrected chi connectivity index (χ1v) is 7.74. The van der Waals surface area contributed by atoms with Gasteiger partial charge in [-0.25, -0.2) is 4.98 Å². The summed E-state index contributed by atoms with van der Waals surface area (Å²) in [4.78, 5) is 18.0. The van der Waals surface area contributed by atoms with Gasteiger partial charge < -0.3 is 11.1 Å². The first-order chi connectivity index (χ1) is 10.0. The minimum Gasteiger partial charge on any atom is -0.397 e. The van der Waals surface area contributed by atoms with E-state index >= 15 is 0 Å². The number of nitrogens with zero attached hydrogens (tertiary/aromatic N) is 1. The number of pyridine rings is 1. The van der Waals surface area contributed by atoms with Crippen LogP contribution in [0.5, 0.6) is 0 Å². The molecule has 0 saturated carbocycles. The molecule has 0 aliphatic heterocycles. The number of carbonyl (C=O) groups excluding carboxylic acids is 1. The van der Waals surface area contributed by atoms with Crippen LogP contribution in [0.4, 0.5) is 5.69 Å². The molecule has 0 bridgehead atoms. The third-order valence-corrected chi connectivity index (χ3v) is 4.36. The number of nitrogens with two attached hydrogens (primary N) is 1. The van der Waals surface area contributed by atoms with E-state index in [4.69, 9.17) is 12.2 Å². The van der Waals surface area contributed by atoms with Gasteiger partial charge in [-0.1, -0.05) is 0 Å². The predicted molar refractivity (Wildman–Crippen MR) is 88.5 cm³/mol. The van der Waals surface area contributed by atoms with Gasteiger partial charge in [0.1, 0.15) is 9.71 Å². The van der Waals surface area contributed by atoms with Crippen molar-refractivity contribution < 1.29 is 4.79 Å². The average molecular weight is 301 g/mol. The van der Waals surface area contributed by atoms with E-state index in [1.165, 1.54) is 11.3 Å². The second kappa shape index (κ2) is 6.59. The van der Waals surface area contributed by atoms with Crippen LogP contribution in [0.25, 0.3) is 10.2 Å². The lowest BCUT2D eigenvalue weighted by Crippen LogP contribution is -2.24. The zero-order valence-electron chi connectivity index (χ0n) is 12.3. The lowest BCUT2D eigenvalue weighted by Gasteiger charge is -2.03. The number of nitrogens with one attached hydrogen (secondary N) is 1. The van der Waals surface area contributed by atoms with Crippen molar-refractivity contribution >= 4 is 33.1 Å². The molecular weight excluding hydrogens is 282 g/mol. The van der Waals surface area contributed by atoms with Crippen LogP contribution in [0.15, 0.2) is 6.07 Å². The highest BCUT2D eigenvalue weighted by Crippen LogP contribution is 2.34. The molecule has 110 valence electrons. The number of anilines is 1. The topological polar surface area (TPSA) is 68.0 Å². The van der Waals surface area contributed by atoms with Gasteiger partial charge in [-0.15, -0.1) is 23.7 Å². The fraction of sp³-hybridized carbons (Fsp3) is 0.375. The molecule has 0 unspecified atom stereocenters. The van der Waals surface area contributed by atoms with Gasteiger partial charge in [0, 0.05) is 24.0 Å². The normalized spacial score (nSPS) is 10.5. The molecule has 5 heteroatoms. The smallest absolute Gasteiger partial charge is 0.263 e. The molecule has 1 amide bonds. The van der Waals surface area contributed by atoms with Crippen molar-refractivity contribution in [3.8, 4) is 12.3 Å². The van der Waals surface area contributed by atoms with Crippen molar-refractivity contribution in [2.45, 2.75) is 33.1 Å². The zero-order chi connectivity index (χ0) is 15.4. The number of aryl methyl sites for hydroxylation is 2. The summed E-state index contributed by atoms with van der Waals surface area (Å²) < 4.78 is 0. The van der Waals surface area contributed by atoms with E-state index in [0.717, 1.165) is 40.7 Å². The molecule has 0 spiro atoms. The summed E-state index contributed by atoms with van der Waals surface area (Å²) in [6.45, 7) is 4.54. The number of nitrogen functional groups attached to an aromatic ring is 1. The monoisotopic (exact) mass is 301 g/mol. The Kier molecular flexibility index (Phi) is 4.81. The quantitative estimate of drug-likeness (QED) is 0.659. The van der Waals surface area contributed by atoms with Gasteiger partial charge >= 0.3 is 0 Å². The standard InChI is InChI=1S/C16H19N3OS/c1-4-5-6-7-8-18-15(20)14-13(17)12-10(2)9-11(3)19-16(12)21-14/h1,9H,5-8,17H2,2-3H3,(H,18,20). The molecule has 4 nitrogen and oxygen atoms in total. The zero-order valence-corrected chi connectivity index (χ0v) is 13.1. The van der Waals surface area contributed by atoms with Gasteiger partial charge in [0.15, 0.2) is 0 Å². The number of fused-ring (bicyclic) bond motifs is 1. The molecule has 0 saturated heterocycles. The number of amides is 1. The van der Waals surface area contributed by atoms with Gasteiger partial charge in [0.2, 0.25) is 0 Å². The third-order valence-electron chi connectivity index (χ3n) is 3.26. The summed E-state index contributed by atoms with van der Waals surface area (Å²) in [5.74, 6) is 2.46. The largest absolute Gasteiger partial charge is 0.397 e. The maximum atomic E-state index is 12.2. The van der Waals surface area contributed by atoms with Crippen molar-refractivity contribution in [1.82, 2.24) is 10.3 Å². The lowest BCUT2D eigenvalue weighted by atomic mass is 10.1. The second-order valence-electron chi connectivity index (χ2n) is 5.02. The highest BCUT2D eigenvalue weighted by atomic mass is 32.1. The number of hydrogen-bond donors (Lipinski definition) is 2. The van der Waals surface area contributed by atoms with Crippen LogP contribution in [0.1, 0.15) is 40.2 Å². The van der Waals surface area contributed by atoms with E-state index in [-0.39, 0.29) is 5.91 Å². The van der Waals surface area contributed by atoms with E-state index in [0.29, 0.717) is 17.1 Å². The number of aromatic nitrogens is 1. The maximum Gasteiger partial charge on any atom is 0.263 e. The van der Waals surface area contributed by atoms with Crippen LogP contribution >= 0.6 is 11.3 Å². The van der Waals surface area contributed by atoms with Crippen molar-refractivity contribution in [2.24, 2.45) is 0 Å². The number of rotatable bonds is 5. The minimum atomic E-state index is -0.131. The van der Waals surface area contributed by atoms with Gasteiger partial charge in [0.05, 0.1) is 5.69 Å². The summed E-state index contributed by atoms with van der Waals surface area (Å²) in [5.41, 5.74) is 8.64. The number of unbranched alkanes of at least 4 members (excludes halogenated alkanes) is 2. The van der Waals surface area contributed by atoms with Crippen molar-refractivity contribution in [3.63, 3.8) is 0 Å². The summed E-state index contributed by atoms with van der Waals surface area (Å²) in [7, 11) is 0. The average Bonchev–Trinajstić information content (AvgIpc) is 2.75. The Hall–Kier alpha value is -2.06. The predicted octanol–water partition coefficient (Wildman–Crippen LogP) is 3.03. The van der Waals surface area contributed by atoms with E-state index in [2.05, 4.69) is 16.2 Å². The molecule has 2 aromatic rings. The van der Waals surface area contributed by atoms with E-state index in [1.54, 1.807) is 0 Å². The minimum absolute atomic E-state index is 0.131. The molecule has 2 aromatic heterocycles. The molecule has 0 atom stereocenters. The highest BCUT2D eigenvalue weighted by Gasteiger charge is 2.18. The summed E-state index contributed by atoms with van der Waals surface area (Å²) in [6, 6.07) is 1.98.